The topological polar surface area (TPSA) is 58.0 Å². The van der Waals surface area contributed by atoms with Crippen LogP contribution in [0, 0.1) is 6.92 Å². The minimum absolute atomic E-state index is 0. The summed E-state index contributed by atoms with van der Waals surface area (Å²) in [6, 6.07) is 17.2. The zero-order valence-corrected chi connectivity index (χ0v) is 12.8. The van der Waals surface area contributed by atoms with Gasteiger partial charge in [-0.2, -0.15) is 0 Å². The van der Waals surface area contributed by atoms with Gasteiger partial charge in [0.15, 0.2) is 0 Å². The number of hydrogen-bond acceptors (Lipinski definition) is 4. The number of aryl methyl sites for hydroxylation is 1. The number of aromatic nitrogens is 2. The van der Waals surface area contributed by atoms with Gasteiger partial charge in [0.2, 0.25) is 0 Å². The van der Waals surface area contributed by atoms with Crippen molar-refractivity contribution < 1.29 is 5.11 Å². The molecule has 0 saturated carbocycles. The van der Waals surface area contributed by atoms with E-state index in [9.17, 15) is 5.11 Å². The van der Waals surface area contributed by atoms with Crippen LogP contribution in [0.15, 0.2) is 60.9 Å². The van der Waals surface area contributed by atoms with Crippen molar-refractivity contribution in [3.8, 4) is 17.0 Å². The third-order valence-corrected chi connectivity index (χ3v) is 3.15. The van der Waals surface area contributed by atoms with Crippen LogP contribution in [0.1, 0.15) is 5.56 Å². The Morgan fingerprint density at radius 1 is 0.955 bits per heavy atom. The number of phenols is 1. The molecule has 1 aromatic heterocycles. The molecule has 22 heavy (non-hydrogen) atoms. The molecular weight excluding hydrogens is 298 g/mol. The van der Waals surface area contributed by atoms with E-state index in [0.29, 0.717) is 11.5 Å². The van der Waals surface area contributed by atoms with Crippen LogP contribution >= 0.6 is 12.4 Å². The fourth-order valence-electron chi connectivity index (χ4n) is 2.08. The van der Waals surface area contributed by atoms with Crippen LogP contribution in [-0.4, -0.2) is 15.1 Å². The van der Waals surface area contributed by atoms with Gasteiger partial charge in [0, 0.05) is 11.6 Å². The molecule has 5 heteroatoms. The second-order valence-corrected chi connectivity index (χ2v) is 4.80. The van der Waals surface area contributed by atoms with Crippen LogP contribution in [0.5, 0.6) is 5.75 Å². The molecule has 0 radical (unpaired) electrons. The van der Waals surface area contributed by atoms with Gasteiger partial charge in [-0.1, -0.05) is 36.4 Å². The normalized spacial score (nSPS) is 9.86. The smallest absolute Gasteiger partial charge is 0.139 e. The van der Waals surface area contributed by atoms with Crippen LogP contribution in [0.3, 0.4) is 0 Å². The first-order chi connectivity index (χ1) is 10.2. The Kier molecular flexibility index (Phi) is 4.96. The molecule has 2 aromatic carbocycles. The molecule has 1 heterocycles. The first-order valence-electron chi connectivity index (χ1n) is 6.66. The molecule has 3 rings (SSSR count). The molecule has 0 unspecified atom stereocenters. The molecule has 0 bridgehead atoms. The molecule has 0 saturated heterocycles. The Balaban J connectivity index is 0.00000176. The predicted octanol–water partition coefficient (Wildman–Crippen LogP) is 4.32. The molecule has 2 N–H and O–H groups in total. The molecule has 0 aliphatic heterocycles. The largest absolute Gasteiger partial charge is 0.506 e. The Morgan fingerprint density at radius 2 is 1.73 bits per heavy atom. The third kappa shape index (κ3) is 3.54. The predicted molar refractivity (Wildman–Crippen MR) is 90.8 cm³/mol. The van der Waals surface area contributed by atoms with E-state index in [-0.39, 0.29) is 18.2 Å². The highest BCUT2D eigenvalue weighted by Gasteiger charge is 2.05. The number of aromatic hydroxyl groups is 1. The zero-order chi connectivity index (χ0) is 14.7. The fraction of sp³-hybridized carbons (Fsp3) is 0.0588. The summed E-state index contributed by atoms with van der Waals surface area (Å²) >= 11 is 0. The van der Waals surface area contributed by atoms with Gasteiger partial charge in [0.05, 0.1) is 11.4 Å². The third-order valence-electron chi connectivity index (χ3n) is 3.15. The number of nitrogens with one attached hydrogen (secondary N) is 1. The molecule has 0 spiro atoms. The van der Waals surface area contributed by atoms with E-state index >= 15 is 0 Å². The molecule has 0 aliphatic carbocycles. The molecular formula is C17H16ClN3O. The van der Waals surface area contributed by atoms with E-state index in [4.69, 9.17) is 0 Å². The second kappa shape index (κ2) is 6.91. The van der Waals surface area contributed by atoms with Gasteiger partial charge < -0.3 is 10.4 Å². The van der Waals surface area contributed by atoms with Crippen molar-refractivity contribution >= 4 is 23.9 Å². The van der Waals surface area contributed by atoms with Gasteiger partial charge in [-0.25, -0.2) is 9.97 Å². The lowest BCUT2D eigenvalue weighted by atomic mass is 10.1. The van der Waals surface area contributed by atoms with E-state index in [2.05, 4.69) is 15.3 Å². The van der Waals surface area contributed by atoms with E-state index in [1.807, 2.05) is 55.5 Å². The maximum Gasteiger partial charge on any atom is 0.139 e. The number of anilines is 2. The summed E-state index contributed by atoms with van der Waals surface area (Å²) in [6.45, 7) is 1.97. The highest BCUT2D eigenvalue weighted by molar-refractivity contribution is 5.85. The minimum atomic E-state index is 0. The summed E-state index contributed by atoms with van der Waals surface area (Å²) in [5.41, 5.74) is 3.55. The molecule has 3 aromatic rings. The highest BCUT2D eigenvalue weighted by Crippen LogP contribution is 2.27. The van der Waals surface area contributed by atoms with Gasteiger partial charge in [-0.15, -0.1) is 12.4 Å². The number of benzene rings is 2. The van der Waals surface area contributed by atoms with Crippen molar-refractivity contribution in [2.24, 2.45) is 0 Å². The van der Waals surface area contributed by atoms with Crippen LogP contribution in [0.25, 0.3) is 11.3 Å². The maximum absolute atomic E-state index is 9.88. The summed E-state index contributed by atoms with van der Waals surface area (Å²) in [6.07, 6.45) is 1.51. The van der Waals surface area contributed by atoms with Gasteiger partial charge in [-0.3, -0.25) is 0 Å². The zero-order valence-electron chi connectivity index (χ0n) is 12.0. The molecule has 112 valence electrons. The number of halogens is 1. The molecule has 0 aliphatic rings. The minimum Gasteiger partial charge on any atom is -0.506 e. The average molecular weight is 314 g/mol. The maximum atomic E-state index is 9.88. The Labute approximate surface area is 135 Å². The monoisotopic (exact) mass is 313 g/mol. The SMILES string of the molecule is Cc1ccc(O)c(Nc2cc(-c3ccccc3)ncn2)c1.Cl. The van der Waals surface area contributed by atoms with E-state index in [0.717, 1.165) is 16.8 Å². The summed E-state index contributed by atoms with van der Waals surface area (Å²) in [4.78, 5) is 8.48. The van der Waals surface area contributed by atoms with Crippen molar-refractivity contribution in [3.05, 3.63) is 66.5 Å². The fourth-order valence-corrected chi connectivity index (χ4v) is 2.08. The summed E-state index contributed by atoms with van der Waals surface area (Å²) < 4.78 is 0. The summed E-state index contributed by atoms with van der Waals surface area (Å²) in [5, 5.41) is 13.0. The van der Waals surface area contributed by atoms with Crippen LogP contribution in [-0.2, 0) is 0 Å². The molecule has 0 atom stereocenters. The summed E-state index contributed by atoms with van der Waals surface area (Å²) in [5.74, 6) is 0.838. The van der Waals surface area contributed by atoms with Crippen molar-refractivity contribution in [3.63, 3.8) is 0 Å². The lowest BCUT2D eigenvalue weighted by Gasteiger charge is -2.09. The van der Waals surface area contributed by atoms with Gasteiger partial charge in [0.25, 0.3) is 0 Å². The highest BCUT2D eigenvalue weighted by atomic mass is 35.5. The first-order valence-corrected chi connectivity index (χ1v) is 6.66. The van der Waals surface area contributed by atoms with Crippen LogP contribution in [0.2, 0.25) is 0 Å². The summed E-state index contributed by atoms with van der Waals surface area (Å²) in [7, 11) is 0. The Hall–Kier alpha value is -2.59. The standard InChI is InChI=1S/C17H15N3O.ClH/c1-12-7-8-16(21)15(9-12)20-17-10-14(18-11-19-17)13-5-3-2-4-6-13;/h2-11,21H,1H3,(H,18,19,20);1H. The van der Waals surface area contributed by atoms with Crippen molar-refractivity contribution in [2.45, 2.75) is 6.92 Å². The molecule has 0 fully saturated rings. The molecule has 4 nitrogen and oxygen atoms in total. The first kappa shape index (κ1) is 15.8. The molecule has 0 amide bonds. The van der Waals surface area contributed by atoms with Crippen LogP contribution in [0.4, 0.5) is 11.5 Å². The van der Waals surface area contributed by atoms with E-state index < -0.39 is 0 Å². The lowest BCUT2D eigenvalue weighted by Crippen LogP contribution is -1.96. The Morgan fingerprint density at radius 3 is 2.50 bits per heavy atom. The second-order valence-electron chi connectivity index (χ2n) is 4.80. The van der Waals surface area contributed by atoms with Gasteiger partial charge in [-0.05, 0) is 24.6 Å². The number of rotatable bonds is 3. The number of phenolic OH excluding ortho intramolecular Hbond substituents is 1. The van der Waals surface area contributed by atoms with Crippen molar-refractivity contribution in [1.29, 1.82) is 0 Å². The average Bonchev–Trinajstić information content (AvgIpc) is 2.52. The van der Waals surface area contributed by atoms with Gasteiger partial charge in [0.1, 0.15) is 17.9 Å². The quantitative estimate of drug-likeness (QED) is 0.707. The lowest BCUT2D eigenvalue weighted by molar-refractivity contribution is 0.477. The number of nitrogens with zero attached hydrogens (tertiary/aromatic N) is 2. The number of hydrogen-bond donors (Lipinski definition) is 2. The van der Waals surface area contributed by atoms with Crippen LogP contribution < -0.4 is 5.32 Å². The van der Waals surface area contributed by atoms with Gasteiger partial charge >= 0.3 is 0 Å². The van der Waals surface area contributed by atoms with E-state index in [1.54, 1.807) is 6.07 Å². The van der Waals surface area contributed by atoms with E-state index in [1.165, 1.54) is 6.33 Å². The van der Waals surface area contributed by atoms with Crippen molar-refractivity contribution in [1.82, 2.24) is 9.97 Å². The Bertz CT molecular complexity index is 763. The van der Waals surface area contributed by atoms with Crippen molar-refractivity contribution in [2.75, 3.05) is 5.32 Å².